The summed E-state index contributed by atoms with van der Waals surface area (Å²) in [5, 5.41) is 2.68. The van der Waals surface area contributed by atoms with Gasteiger partial charge in [0.2, 0.25) is 5.91 Å². The number of hydrogen-bond donors (Lipinski definition) is 1. The maximum Gasteiger partial charge on any atom is 0.255 e. The first-order valence-electron chi connectivity index (χ1n) is 10.1. The predicted molar refractivity (Wildman–Crippen MR) is 121 cm³/mol. The molecule has 1 saturated heterocycles. The second-order valence-corrected chi connectivity index (χ2v) is 8.59. The first-order chi connectivity index (χ1) is 15.0. The fraction of sp³-hybridized carbons (Fsp3) is 0.200. The fourth-order valence-electron chi connectivity index (χ4n) is 3.71. The van der Waals surface area contributed by atoms with Gasteiger partial charge >= 0.3 is 0 Å². The van der Waals surface area contributed by atoms with Gasteiger partial charge < -0.3 is 10.2 Å². The number of benzene rings is 3. The molecular weight excluding hydrogens is 411 g/mol. The van der Waals surface area contributed by atoms with Crippen LogP contribution in [0.25, 0.3) is 0 Å². The number of nitrogens with zero attached hydrogens (tertiary/aromatic N) is 1. The van der Waals surface area contributed by atoms with Crippen LogP contribution in [0.4, 0.5) is 4.39 Å². The monoisotopic (exact) mass is 434 g/mol. The zero-order valence-corrected chi connectivity index (χ0v) is 17.9. The Bertz CT molecular complexity index is 1040. The van der Waals surface area contributed by atoms with Crippen molar-refractivity contribution in [2.24, 2.45) is 0 Å². The van der Waals surface area contributed by atoms with Gasteiger partial charge in [-0.3, -0.25) is 9.59 Å². The number of thioether (sulfide) groups is 1. The van der Waals surface area contributed by atoms with Crippen molar-refractivity contribution in [2.75, 3.05) is 5.75 Å². The average molecular weight is 435 g/mol. The highest BCUT2D eigenvalue weighted by molar-refractivity contribution is 7.99. The highest BCUT2D eigenvalue weighted by Gasteiger charge is 2.42. The zero-order valence-electron chi connectivity index (χ0n) is 17.1. The van der Waals surface area contributed by atoms with Gasteiger partial charge in [-0.25, -0.2) is 4.39 Å². The molecule has 0 spiro atoms. The first kappa shape index (κ1) is 21.1. The second kappa shape index (κ2) is 9.35. The summed E-state index contributed by atoms with van der Waals surface area (Å²) in [7, 11) is 0. The number of carbonyl (C=O) groups is 2. The van der Waals surface area contributed by atoms with Crippen molar-refractivity contribution in [2.45, 2.75) is 24.4 Å². The zero-order chi connectivity index (χ0) is 21.8. The minimum atomic E-state index is -0.626. The second-order valence-electron chi connectivity index (χ2n) is 7.47. The van der Waals surface area contributed by atoms with E-state index in [1.54, 1.807) is 41.3 Å². The van der Waals surface area contributed by atoms with Crippen LogP contribution >= 0.6 is 11.8 Å². The molecule has 0 aromatic heterocycles. The standard InChI is InChI=1S/C25H23FN2O2S/c1-17(18-8-4-2-5-9-18)27-23(29)22-16-31-25(20-12-14-21(26)15-13-20)28(22)24(30)19-10-6-3-7-11-19/h2-15,17,22,25H,16H2,1H3,(H,27,29). The Morgan fingerprint density at radius 1 is 0.968 bits per heavy atom. The van der Waals surface area contributed by atoms with Crippen molar-refractivity contribution in [3.63, 3.8) is 0 Å². The van der Waals surface area contributed by atoms with Crippen LogP contribution in [0.15, 0.2) is 84.9 Å². The Kier molecular flexibility index (Phi) is 6.37. The van der Waals surface area contributed by atoms with E-state index in [4.69, 9.17) is 0 Å². The van der Waals surface area contributed by atoms with Crippen molar-refractivity contribution in [3.05, 3.63) is 107 Å². The van der Waals surface area contributed by atoms with Gasteiger partial charge in [0.25, 0.3) is 5.91 Å². The Morgan fingerprint density at radius 2 is 1.58 bits per heavy atom. The maximum atomic E-state index is 13.5. The van der Waals surface area contributed by atoms with Gasteiger partial charge in [0.15, 0.2) is 0 Å². The van der Waals surface area contributed by atoms with E-state index in [2.05, 4.69) is 5.32 Å². The van der Waals surface area contributed by atoms with Crippen LogP contribution in [0, 0.1) is 5.82 Å². The molecule has 0 radical (unpaired) electrons. The third kappa shape index (κ3) is 4.64. The predicted octanol–water partition coefficient (Wildman–Crippen LogP) is 4.96. The van der Waals surface area contributed by atoms with Crippen molar-refractivity contribution in [1.82, 2.24) is 10.2 Å². The molecule has 0 saturated carbocycles. The summed E-state index contributed by atoms with van der Waals surface area (Å²) >= 11 is 1.51. The number of halogens is 1. The molecule has 3 unspecified atom stereocenters. The third-order valence-electron chi connectivity index (χ3n) is 5.37. The van der Waals surface area contributed by atoms with Crippen molar-refractivity contribution in [3.8, 4) is 0 Å². The van der Waals surface area contributed by atoms with E-state index in [0.29, 0.717) is 11.3 Å². The topological polar surface area (TPSA) is 49.4 Å². The lowest BCUT2D eigenvalue weighted by atomic mass is 10.1. The molecule has 3 aromatic carbocycles. The van der Waals surface area contributed by atoms with Crippen molar-refractivity contribution < 1.29 is 14.0 Å². The summed E-state index contributed by atoms with van der Waals surface area (Å²) in [5.41, 5.74) is 2.31. The highest BCUT2D eigenvalue weighted by Crippen LogP contribution is 2.42. The van der Waals surface area contributed by atoms with E-state index in [-0.39, 0.29) is 29.0 Å². The summed E-state index contributed by atoms with van der Waals surface area (Å²) in [5.74, 6) is -0.280. The summed E-state index contributed by atoms with van der Waals surface area (Å²) in [4.78, 5) is 28.3. The van der Waals surface area contributed by atoms with Crippen LogP contribution in [0.2, 0.25) is 0 Å². The van der Waals surface area contributed by atoms with Crippen LogP contribution in [0.3, 0.4) is 0 Å². The molecule has 1 fully saturated rings. The number of nitrogens with one attached hydrogen (secondary N) is 1. The smallest absolute Gasteiger partial charge is 0.255 e. The van der Waals surface area contributed by atoms with Gasteiger partial charge in [-0.1, -0.05) is 60.7 Å². The van der Waals surface area contributed by atoms with Crippen molar-refractivity contribution in [1.29, 1.82) is 0 Å². The van der Waals surface area contributed by atoms with Gasteiger partial charge in [-0.15, -0.1) is 11.8 Å². The van der Waals surface area contributed by atoms with Crippen LogP contribution in [-0.4, -0.2) is 28.5 Å². The van der Waals surface area contributed by atoms with Gasteiger partial charge in [0.1, 0.15) is 17.2 Å². The van der Waals surface area contributed by atoms with Gasteiger partial charge in [-0.2, -0.15) is 0 Å². The number of carbonyl (C=O) groups excluding carboxylic acids is 2. The summed E-state index contributed by atoms with van der Waals surface area (Å²) in [6.45, 7) is 1.93. The maximum absolute atomic E-state index is 13.5. The number of hydrogen-bond acceptors (Lipinski definition) is 3. The lowest BCUT2D eigenvalue weighted by Crippen LogP contribution is -2.48. The molecule has 3 atom stereocenters. The molecule has 3 aromatic rings. The Balaban J connectivity index is 1.61. The third-order valence-corrected chi connectivity index (χ3v) is 6.70. The van der Waals surface area contributed by atoms with Gasteiger partial charge in [0, 0.05) is 11.3 Å². The van der Waals surface area contributed by atoms with Gasteiger partial charge in [-0.05, 0) is 42.3 Å². The number of rotatable bonds is 5. The Morgan fingerprint density at radius 3 is 2.23 bits per heavy atom. The van der Waals surface area contributed by atoms with E-state index >= 15 is 0 Å². The summed E-state index contributed by atoms with van der Waals surface area (Å²) in [6, 6.07) is 23.9. The van der Waals surface area contributed by atoms with E-state index in [9.17, 15) is 14.0 Å². The molecular formula is C25H23FN2O2S. The van der Waals surface area contributed by atoms with Crippen LogP contribution in [0.1, 0.15) is 39.8 Å². The molecule has 0 aliphatic carbocycles. The molecule has 1 heterocycles. The molecule has 158 valence electrons. The van der Waals surface area contributed by atoms with Crippen molar-refractivity contribution >= 4 is 23.6 Å². The Hall–Kier alpha value is -3.12. The highest BCUT2D eigenvalue weighted by atomic mass is 32.2. The molecule has 1 aliphatic rings. The Labute approximate surface area is 185 Å². The van der Waals surface area contributed by atoms with Crippen LogP contribution in [0.5, 0.6) is 0 Å². The normalized spacial score (nSPS) is 19.1. The average Bonchev–Trinajstić information content (AvgIpc) is 3.25. The quantitative estimate of drug-likeness (QED) is 0.618. The molecule has 4 rings (SSSR count). The number of amides is 2. The summed E-state index contributed by atoms with van der Waals surface area (Å²) < 4.78 is 13.5. The van der Waals surface area contributed by atoms with E-state index in [1.807, 2.05) is 43.3 Å². The molecule has 6 heteroatoms. The largest absolute Gasteiger partial charge is 0.348 e. The van der Waals surface area contributed by atoms with Crippen LogP contribution < -0.4 is 5.32 Å². The first-order valence-corrected chi connectivity index (χ1v) is 11.2. The van der Waals surface area contributed by atoms with E-state index in [1.165, 1.54) is 23.9 Å². The molecule has 31 heavy (non-hydrogen) atoms. The molecule has 1 aliphatic heterocycles. The van der Waals surface area contributed by atoms with Crippen LogP contribution in [-0.2, 0) is 4.79 Å². The fourth-order valence-corrected chi connectivity index (χ4v) is 5.13. The minimum Gasteiger partial charge on any atom is -0.348 e. The molecule has 0 bridgehead atoms. The molecule has 1 N–H and O–H groups in total. The lowest BCUT2D eigenvalue weighted by Gasteiger charge is -2.30. The SMILES string of the molecule is CC(NC(=O)C1CSC(c2ccc(F)cc2)N1C(=O)c1ccccc1)c1ccccc1. The lowest BCUT2D eigenvalue weighted by molar-refractivity contribution is -0.125. The minimum absolute atomic E-state index is 0.183. The van der Waals surface area contributed by atoms with E-state index < -0.39 is 6.04 Å². The molecule has 2 amide bonds. The summed E-state index contributed by atoms with van der Waals surface area (Å²) in [6.07, 6.45) is 0. The van der Waals surface area contributed by atoms with Gasteiger partial charge in [0.05, 0.1) is 6.04 Å². The van der Waals surface area contributed by atoms with E-state index in [0.717, 1.165) is 11.1 Å². The molecule has 4 nitrogen and oxygen atoms in total.